The number of thioether (sulfide) groups is 1. The van der Waals surface area contributed by atoms with Gasteiger partial charge in [-0.05, 0) is 30.4 Å². The minimum Gasteiger partial charge on any atom is -0.452 e. The number of hydrogen-bond acceptors (Lipinski definition) is 6. The van der Waals surface area contributed by atoms with Crippen LogP contribution in [0.15, 0.2) is 53.4 Å². The van der Waals surface area contributed by atoms with Gasteiger partial charge in [-0.1, -0.05) is 43.7 Å². The average molecular weight is 402 g/mol. The van der Waals surface area contributed by atoms with E-state index in [1.165, 1.54) is 23.9 Å². The number of ether oxygens (including phenoxy) is 1. The third-order valence-corrected chi connectivity index (χ3v) is 4.85. The van der Waals surface area contributed by atoms with Gasteiger partial charge in [0.05, 0.1) is 21.4 Å². The summed E-state index contributed by atoms with van der Waals surface area (Å²) < 4.78 is 5.03. The van der Waals surface area contributed by atoms with Crippen LogP contribution < -0.4 is 5.32 Å². The van der Waals surface area contributed by atoms with Crippen LogP contribution in [0, 0.1) is 10.1 Å². The van der Waals surface area contributed by atoms with Gasteiger partial charge in [-0.25, -0.2) is 4.79 Å². The van der Waals surface area contributed by atoms with Gasteiger partial charge in [0.2, 0.25) is 0 Å². The molecule has 0 aliphatic heterocycles. The van der Waals surface area contributed by atoms with Crippen molar-refractivity contribution < 1.29 is 19.2 Å². The summed E-state index contributed by atoms with van der Waals surface area (Å²) in [4.78, 5) is 35.4. The summed E-state index contributed by atoms with van der Waals surface area (Å²) in [5.74, 6) is -1.21. The Hall–Kier alpha value is -2.87. The Morgan fingerprint density at radius 1 is 1.21 bits per heavy atom. The maximum Gasteiger partial charge on any atom is 0.338 e. The molecule has 0 aliphatic carbocycles. The first-order chi connectivity index (χ1) is 13.5. The fourth-order valence-corrected chi connectivity index (χ4v) is 3.25. The molecule has 7 nitrogen and oxygen atoms in total. The number of nitrogens with one attached hydrogen (secondary N) is 1. The SMILES string of the molecule is CCC[C@H](NC(=O)COC(=O)c1ccc(SC)c([N+](=O)[O-])c1)c1ccccc1. The number of hydrogen-bond donors (Lipinski definition) is 1. The molecule has 148 valence electrons. The number of carbonyl (C=O) groups excluding carboxylic acids is 2. The molecule has 0 radical (unpaired) electrons. The first kappa shape index (κ1) is 21.4. The smallest absolute Gasteiger partial charge is 0.338 e. The lowest BCUT2D eigenvalue weighted by molar-refractivity contribution is -0.387. The number of carbonyl (C=O) groups is 2. The molecule has 1 atom stereocenters. The lowest BCUT2D eigenvalue weighted by Crippen LogP contribution is -2.32. The Morgan fingerprint density at radius 3 is 2.54 bits per heavy atom. The third-order valence-electron chi connectivity index (χ3n) is 4.06. The van der Waals surface area contributed by atoms with Crippen molar-refractivity contribution in [1.82, 2.24) is 5.32 Å². The molecule has 0 saturated carbocycles. The van der Waals surface area contributed by atoms with Gasteiger partial charge in [-0.2, -0.15) is 0 Å². The van der Waals surface area contributed by atoms with Gasteiger partial charge in [-0.15, -0.1) is 11.8 Å². The summed E-state index contributed by atoms with van der Waals surface area (Å²) in [5, 5.41) is 14.0. The highest BCUT2D eigenvalue weighted by molar-refractivity contribution is 7.98. The van der Waals surface area contributed by atoms with E-state index < -0.39 is 23.4 Å². The summed E-state index contributed by atoms with van der Waals surface area (Å²) in [5.41, 5.74) is 0.844. The predicted octanol–water partition coefficient (Wildman–Crippen LogP) is 4.13. The van der Waals surface area contributed by atoms with E-state index in [4.69, 9.17) is 4.74 Å². The molecule has 0 heterocycles. The van der Waals surface area contributed by atoms with Crippen LogP contribution in [0.1, 0.15) is 41.7 Å². The van der Waals surface area contributed by atoms with Crippen LogP contribution >= 0.6 is 11.8 Å². The number of rotatable bonds is 9. The standard InChI is InChI=1S/C20H22N2O5S/c1-3-7-16(14-8-5-4-6-9-14)21-19(23)13-27-20(24)15-10-11-18(28-2)17(12-15)22(25)26/h4-6,8-12,16H,3,7,13H2,1-2H3,(H,21,23)/t16-/m0/s1. The molecule has 0 saturated heterocycles. The van der Waals surface area contributed by atoms with Crippen molar-refractivity contribution in [2.45, 2.75) is 30.7 Å². The number of nitro benzene ring substituents is 1. The van der Waals surface area contributed by atoms with Crippen LogP contribution in [-0.2, 0) is 9.53 Å². The molecule has 0 unspecified atom stereocenters. The summed E-state index contributed by atoms with van der Waals surface area (Å²) in [7, 11) is 0. The van der Waals surface area contributed by atoms with Crippen molar-refractivity contribution in [3.05, 3.63) is 69.8 Å². The zero-order chi connectivity index (χ0) is 20.5. The zero-order valence-corrected chi connectivity index (χ0v) is 16.5. The van der Waals surface area contributed by atoms with Gasteiger partial charge in [0.25, 0.3) is 11.6 Å². The van der Waals surface area contributed by atoms with E-state index in [2.05, 4.69) is 5.32 Å². The minimum atomic E-state index is -0.780. The van der Waals surface area contributed by atoms with Gasteiger partial charge in [0.15, 0.2) is 6.61 Å². The molecule has 8 heteroatoms. The number of esters is 1. The zero-order valence-electron chi connectivity index (χ0n) is 15.7. The van der Waals surface area contributed by atoms with E-state index >= 15 is 0 Å². The van der Waals surface area contributed by atoms with E-state index in [0.717, 1.165) is 24.5 Å². The van der Waals surface area contributed by atoms with Gasteiger partial charge < -0.3 is 10.1 Å². The molecular weight excluding hydrogens is 380 g/mol. The summed E-state index contributed by atoms with van der Waals surface area (Å²) in [6, 6.07) is 13.5. The summed E-state index contributed by atoms with van der Waals surface area (Å²) >= 11 is 1.21. The highest BCUT2D eigenvalue weighted by Crippen LogP contribution is 2.28. The number of nitrogens with zero attached hydrogens (tertiary/aromatic N) is 1. The maximum absolute atomic E-state index is 12.2. The molecule has 0 aromatic heterocycles. The fourth-order valence-electron chi connectivity index (χ4n) is 2.71. The lowest BCUT2D eigenvalue weighted by atomic mass is 10.0. The molecule has 0 fully saturated rings. The molecule has 2 rings (SSSR count). The van der Waals surface area contributed by atoms with E-state index in [9.17, 15) is 19.7 Å². The molecule has 0 bridgehead atoms. The second-order valence-corrected chi connectivity index (χ2v) is 6.89. The van der Waals surface area contributed by atoms with E-state index in [1.54, 1.807) is 6.26 Å². The van der Waals surface area contributed by atoms with E-state index in [-0.39, 0.29) is 17.3 Å². The summed E-state index contributed by atoms with van der Waals surface area (Å²) in [6.07, 6.45) is 3.35. The molecule has 28 heavy (non-hydrogen) atoms. The molecule has 0 spiro atoms. The Kier molecular flexibility index (Phi) is 8.01. The highest BCUT2D eigenvalue weighted by Gasteiger charge is 2.19. The van der Waals surface area contributed by atoms with Crippen molar-refractivity contribution in [2.75, 3.05) is 12.9 Å². The third kappa shape index (κ3) is 5.82. The molecule has 2 aromatic rings. The van der Waals surface area contributed by atoms with Gasteiger partial charge >= 0.3 is 5.97 Å². The van der Waals surface area contributed by atoms with Crippen molar-refractivity contribution in [3.63, 3.8) is 0 Å². The largest absolute Gasteiger partial charge is 0.452 e. The maximum atomic E-state index is 12.2. The Morgan fingerprint density at radius 2 is 1.93 bits per heavy atom. The topological polar surface area (TPSA) is 98.5 Å². The second kappa shape index (κ2) is 10.5. The second-order valence-electron chi connectivity index (χ2n) is 6.04. The average Bonchev–Trinajstić information content (AvgIpc) is 2.71. The first-order valence-corrected chi connectivity index (χ1v) is 10.0. The van der Waals surface area contributed by atoms with Gasteiger partial charge in [0.1, 0.15) is 0 Å². The lowest BCUT2D eigenvalue weighted by Gasteiger charge is -2.18. The van der Waals surface area contributed by atoms with E-state index in [0.29, 0.717) is 4.90 Å². The summed E-state index contributed by atoms with van der Waals surface area (Å²) in [6.45, 7) is 1.57. The van der Waals surface area contributed by atoms with Crippen LogP contribution in [0.25, 0.3) is 0 Å². The Balaban J connectivity index is 1.99. The number of nitro groups is 1. The highest BCUT2D eigenvalue weighted by atomic mass is 32.2. The number of amides is 1. The van der Waals surface area contributed by atoms with Crippen LogP contribution in [0.3, 0.4) is 0 Å². The molecule has 1 amide bonds. The Bertz CT molecular complexity index is 842. The Labute approximate surface area is 167 Å². The van der Waals surface area contributed by atoms with Gasteiger partial charge in [0, 0.05) is 6.07 Å². The minimum absolute atomic E-state index is 0.0328. The van der Waals surface area contributed by atoms with Gasteiger partial charge in [-0.3, -0.25) is 14.9 Å². The number of benzene rings is 2. The van der Waals surface area contributed by atoms with Crippen molar-refractivity contribution in [2.24, 2.45) is 0 Å². The van der Waals surface area contributed by atoms with Crippen LogP contribution in [-0.4, -0.2) is 29.7 Å². The van der Waals surface area contributed by atoms with Crippen LogP contribution in [0.4, 0.5) is 5.69 Å². The van der Waals surface area contributed by atoms with Crippen molar-refractivity contribution >= 4 is 29.3 Å². The van der Waals surface area contributed by atoms with Crippen LogP contribution in [0.5, 0.6) is 0 Å². The molecule has 1 N–H and O–H groups in total. The monoisotopic (exact) mass is 402 g/mol. The van der Waals surface area contributed by atoms with Crippen molar-refractivity contribution in [1.29, 1.82) is 0 Å². The molecular formula is C20H22N2O5S. The molecule has 0 aliphatic rings. The van der Waals surface area contributed by atoms with Crippen molar-refractivity contribution in [3.8, 4) is 0 Å². The first-order valence-electron chi connectivity index (χ1n) is 8.80. The van der Waals surface area contributed by atoms with Crippen LogP contribution in [0.2, 0.25) is 0 Å². The quantitative estimate of drug-likeness (QED) is 0.293. The molecule has 2 aromatic carbocycles. The normalized spacial score (nSPS) is 11.5. The fraction of sp³-hybridized carbons (Fsp3) is 0.300. The van der Waals surface area contributed by atoms with E-state index in [1.807, 2.05) is 37.3 Å². The predicted molar refractivity (Wildman–Crippen MR) is 107 cm³/mol.